The van der Waals surface area contributed by atoms with Crippen LogP contribution in [0.2, 0.25) is 0 Å². The maximum Gasteiger partial charge on any atom is 1.00 e. The standard InChI is InChI=1S/C12H5FN5O2.2Na/c13-8-3-6(4-14)1-2-7(8)9-10(19)17-12-15-5-16-18(12)11(9)20;;/h1-3,5H,(H,15,16,17,19);;/q-1;2*+1/p-1/b9-7-;;. The fraction of sp³-hybridized carbons (Fsp3) is 0. The number of rotatable bonds is 0. The van der Waals surface area contributed by atoms with Gasteiger partial charge in [-0.3, -0.25) is 10.7 Å². The normalized spacial score (nSPS) is 11.3. The number of aromatic nitrogens is 4. The van der Waals surface area contributed by atoms with Crippen molar-refractivity contribution in [3.63, 3.8) is 0 Å². The first-order valence-corrected chi connectivity index (χ1v) is 5.39. The van der Waals surface area contributed by atoms with Gasteiger partial charge in [0.15, 0.2) is 0 Å². The van der Waals surface area contributed by atoms with Crippen molar-refractivity contribution in [1.29, 1.82) is 0 Å². The van der Waals surface area contributed by atoms with Gasteiger partial charge < -0.3 is 10.5 Å². The third-order valence-corrected chi connectivity index (χ3v) is 2.72. The summed E-state index contributed by atoms with van der Waals surface area (Å²) >= 11 is 0. The van der Waals surface area contributed by atoms with Crippen molar-refractivity contribution >= 4 is 11.6 Å². The summed E-state index contributed by atoms with van der Waals surface area (Å²) in [5.41, 5.74) is -0.805. The number of hydrogen-bond acceptors (Lipinski definition) is 5. The van der Waals surface area contributed by atoms with Crippen LogP contribution in [-0.4, -0.2) is 25.5 Å². The molecule has 0 saturated carbocycles. The van der Waals surface area contributed by atoms with Crippen LogP contribution in [0.4, 0.5) is 4.39 Å². The Bertz CT molecular complexity index is 1070. The monoisotopic (exact) mass is 315 g/mol. The molecule has 3 aromatic rings. The van der Waals surface area contributed by atoms with Crippen molar-refractivity contribution in [1.82, 2.24) is 19.6 Å². The summed E-state index contributed by atoms with van der Waals surface area (Å²) < 4.78 is 14.7. The minimum atomic E-state index is -0.890. The van der Waals surface area contributed by atoms with E-state index < -0.39 is 22.5 Å². The zero-order valence-electron chi connectivity index (χ0n) is 11.7. The van der Waals surface area contributed by atoms with Crippen LogP contribution in [0.15, 0.2) is 29.3 Å². The Balaban J connectivity index is 0.00000121. The van der Waals surface area contributed by atoms with Crippen molar-refractivity contribution in [2.24, 2.45) is 0 Å². The molecule has 0 aliphatic carbocycles. The molecule has 2 heterocycles. The molecule has 0 bridgehead atoms. The molecule has 3 rings (SSSR count). The van der Waals surface area contributed by atoms with Gasteiger partial charge in [0.05, 0.1) is 5.22 Å². The van der Waals surface area contributed by atoms with E-state index in [4.69, 9.17) is 5.41 Å². The molecule has 0 N–H and O–H groups in total. The van der Waals surface area contributed by atoms with Gasteiger partial charge in [0.2, 0.25) is 0 Å². The van der Waals surface area contributed by atoms with Crippen molar-refractivity contribution in [3.05, 3.63) is 61.8 Å². The summed E-state index contributed by atoms with van der Waals surface area (Å²) in [5.74, 6) is -0.117. The number of halogens is 1. The molecular formula is C12H4FN5Na2O2. The van der Waals surface area contributed by atoms with E-state index in [0.717, 1.165) is 16.9 Å². The second-order valence-electron chi connectivity index (χ2n) is 3.88. The van der Waals surface area contributed by atoms with Crippen molar-refractivity contribution in [2.75, 3.05) is 0 Å². The van der Waals surface area contributed by atoms with Gasteiger partial charge in [-0.25, -0.2) is 9.37 Å². The van der Waals surface area contributed by atoms with E-state index in [-0.39, 0.29) is 75.3 Å². The Morgan fingerprint density at radius 1 is 1.32 bits per heavy atom. The van der Waals surface area contributed by atoms with E-state index in [1.165, 1.54) is 12.1 Å². The summed E-state index contributed by atoms with van der Waals surface area (Å²) in [6.45, 7) is 0. The minimum Gasteiger partial charge on any atom is -0.858 e. The van der Waals surface area contributed by atoms with Crippen LogP contribution in [0.3, 0.4) is 0 Å². The van der Waals surface area contributed by atoms with Gasteiger partial charge in [0.1, 0.15) is 12.1 Å². The predicted molar refractivity (Wildman–Crippen MR) is 63.3 cm³/mol. The molecule has 0 spiro atoms. The summed E-state index contributed by atoms with van der Waals surface area (Å²) in [4.78, 5) is 19.3. The zero-order valence-corrected chi connectivity index (χ0v) is 15.7. The molecule has 0 atom stereocenters. The maximum atomic E-state index is 13.9. The van der Waals surface area contributed by atoms with E-state index in [1.807, 2.05) is 0 Å². The summed E-state index contributed by atoms with van der Waals surface area (Å²) in [6, 6.07) is 3.44. The average molecular weight is 315 g/mol. The van der Waals surface area contributed by atoms with Gasteiger partial charge in [0, 0.05) is 11.1 Å². The first-order valence-electron chi connectivity index (χ1n) is 5.39. The summed E-state index contributed by atoms with van der Waals surface area (Å²) in [7, 11) is 0. The first-order chi connectivity index (χ1) is 9.61. The van der Waals surface area contributed by atoms with Crippen molar-refractivity contribution < 1.29 is 68.6 Å². The van der Waals surface area contributed by atoms with Crippen LogP contribution < -0.4 is 75.0 Å². The van der Waals surface area contributed by atoms with Gasteiger partial charge in [0.25, 0.3) is 11.3 Å². The summed E-state index contributed by atoms with van der Waals surface area (Å²) in [6.07, 6.45) is 1.07. The Labute approximate surface area is 166 Å². The number of hydrogen-bond donors (Lipinski definition) is 0. The Kier molecular flexibility index (Phi) is 6.39. The second kappa shape index (κ2) is 7.43. The van der Waals surface area contributed by atoms with Crippen molar-refractivity contribution in [3.8, 4) is 5.88 Å². The molecule has 7 nitrogen and oxygen atoms in total. The molecular weight excluding hydrogens is 311 g/mol. The van der Waals surface area contributed by atoms with E-state index in [2.05, 4.69) is 15.1 Å². The Morgan fingerprint density at radius 3 is 2.68 bits per heavy atom. The minimum absolute atomic E-state index is 0. The van der Waals surface area contributed by atoms with E-state index in [1.54, 1.807) is 5.87 Å². The molecule has 0 radical (unpaired) electrons. The Hall–Kier alpha value is -1.12. The predicted octanol–water partition coefficient (Wildman–Crippen LogP) is -7.38. The average Bonchev–Trinajstić information content (AvgIpc) is 2.88. The van der Waals surface area contributed by atoms with E-state index in [9.17, 15) is 14.3 Å². The molecule has 0 saturated heterocycles. The molecule has 22 heavy (non-hydrogen) atoms. The van der Waals surface area contributed by atoms with Gasteiger partial charge in [-0.05, 0) is 17.4 Å². The topological polar surface area (TPSA) is 106 Å². The van der Waals surface area contributed by atoms with Crippen LogP contribution in [0, 0.1) is 16.3 Å². The first kappa shape index (κ1) is 18.9. The maximum absolute atomic E-state index is 13.9. The molecule has 0 fully saturated rings. The fourth-order valence-electron chi connectivity index (χ4n) is 1.82. The molecule has 0 unspecified atom stereocenters. The molecule has 2 aromatic heterocycles. The van der Waals surface area contributed by atoms with Gasteiger partial charge in [-0.2, -0.15) is 14.6 Å². The largest absolute Gasteiger partial charge is 1.00 e. The van der Waals surface area contributed by atoms with Gasteiger partial charge >= 0.3 is 59.1 Å². The van der Waals surface area contributed by atoms with E-state index in [0.29, 0.717) is 0 Å². The number of benzene rings is 1. The molecule has 0 amide bonds. The molecule has 0 aliphatic rings. The summed E-state index contributed by atoms with van der Waals surface area (Å²) in [5, 5.41) is 23.6. The SMILES string of the molecule is [N-]=C=c1cc/c(=c2\c([O-])nc3ncnn3c2=O)c(F)c1.[Na+].[Na+]. The van der Waals surface area contributed by atoms with Crippen LogP contribution in [0.25, 0.3) is 11.2 Å². The molecule has 98 valence electrons. The third kappa shape index (κ3) is 3.13. The van der Waals surface area contributed by atoms with Crippen LogP contribution in [-0.2, 0) is 0 Å². The molecule has 1 aromatic carbocycles. The smallest absolute Gasteiger partial charge is 0.858 e. The zero-order chi connectivity index (χ0) is 14.3. The van der Waals surface area contributed by atoms with Crippen LogP contribution >= 0.6 is 0 Å². The third-order valence-electron chi connectivity index (χ3n) is 2.72. The number of fused-ring (bicyclic) bond motifs is 1. The number of nitrogens with zero attached hydrogens (tertiary/aromatic N) is 5. The van der Waals surface area contributed by atoms with Gasteiger partial charge in [-0.1, -0.05) is 6.07 Å². The van der Waals surface area contributed by atoms with Crippen LogP contribution in [0.1, 0.15) is 0 Å². The van der Waals surface area contributed by atoms with Crippen LogP contribution in [0.5, 0.6) is 5.88 Å². The fourth-order valence-corrected chi connectivity index (χ4v) is 1.82. The second-order valence-corrected chi connectivity index (χ2v) is 3.88. The van der Waals surface area contributed by atoms with E-state index >= 15 is 0 Å². The quantitative estimate of drug-likeness (QED) is 0.303. The molecule has 10 heteroatoms. The van der Waals surface area contributed by atoms with Crippen molar-refractivity contribution in [2.45, 2.75) is 0 Å². The molecule has 0 aliphatic heterocycles. The van der Waals surface area contributed by atoms with Gasteiger partial charge in [-0.15, -0.1) is 0 Å². The Morgan fingerprint density at radius 2 is 2.05 bits per heavy atom.